The normalized spacial score (nSPS) is 9.80. The topological polar surface area (TPSA) is 26.9 Å². The van der Waals surface area contributed by atoms with Crippen LogP contribution in [0.3, 0.4) is 0 Å². The smallest absolute Gasteiger partial charge is 0.189 e. The number of hydrogen-bond donors (Lipinski definition) is 0. The van der Waals surface area contributed by atoms with Gasteiger partial charge in [-0.3, -0.25) is 0 Å². The zero-order valence-electron chi connectivity index (χ0n) is 6.29. The number of aryl methyl sites for hydroxylation is 2. The van der Waals surface area contributed by atoms with E-state index in [0.29, 0.717) is 0 Å². The molecule has 1 aromatic rings. The first kappa shape index (κ1) is 7.06. The fraction of sp³-hybridized carbons (Fsp3) is 0.375. The maximum absolute atomic E-state index is 10.9. The highest BCUT2D eigenvalue weighted by Crippen LogP contribution is 1.96. The third kappa shape index (κ3) is 1.26. The standard InChI is InChI=1S/C8H11NO/c1-3-8-5-4-7(2)9(10)6-8/h4-6H,3H2,1-2H3. The van der Waals surface area contributed by atoms with Crippen LogP contribution in [0.1, 0.15) is 18.2 Å². The maximum atomic E-state index is 10.9. The Balaban J connectivity index is 3.04. The van der Waals surface area contributed by atoms with Crippen LogP contribution in [0.5, 0.6) is 0 Å². The van der Waals surface area contributed by atoms with Gasteiger partial charge >= 0.3 is 0 Å². The number of hydrogen-bond acceptors (Lipinski definition) is 1. The fourth-order valence-corrected chi connectivity index (χ4v) is 0.806. The van der Waals surface area contributed by atoms with Crippen molar-refractivity contribution in [3.63, 3.8) is 0 Å². The van der Waals surface area contributed by atoms with Crippen molar-refractivity contribution in [2.45, 2.75) is 20.3 Å². The molecule has 0 spiro atoms. The van der Waals surface area contributed by atoms with Crippen LogP contribution in [0, 0.1) is 12.1 Å². The Labute approximate surface area is 60.7 Å². The molecule has 10 heavy (non-hydrogen) atoms. The van der Waals surface area contributed by atoms with E-state index >= 15 is 0 Å². The lowest BCUT2D eigenvalue weighted by Gasteiger charge is -2.00. The van der Waals surface area contributed by atoms with E-state index in [1.807, 2.05) is 19.1 Å². The summed E-state index contributed by atoms with van der Waals surface area (Å²) in [7, 11) is 0. The molecule has 54 valence electrons. The molecule has 0 aliphatic rings. The van der Waals surface area contributed by atoms with Crippen molar-refractivity contribution in [2.24, 2.45) is 0 Å². The van der Waals surface area contributed by atoms with E-state index in [1.54, 1.807) is 13.1 Å². The molecule has 0 unspecified atom stereocenters. The Bertz CT molecular complexity index is 233. The molecule has 0 atom stereocenters. The van der Waals surface area contributed by atoms with Crippen LogP contribution < -0.4 is 4.73 Å². The first-order valence-electron chi connectivity index (χ1n) is 3.42. The summed E-state index contributed by atoms with van der Waals surface area (Å²) < 4.78 is 0.902. The van der Waals surface area contributed by atoms with Crippen molar-refractivity contribution < 1.29 is 4.73 Å². The lowest BCUT2D eigenvalue weighted by molar-refractivity contribution is -0.612. The van der Waals surface area contributed by atoms with E-state index in [4.69, 9.17) is 0 Å². The van der Waals surface area contributed by atoms with Crippen LogP contribution in [0.15, 0.2) is 18.3 Å². The molecule has 2 heteroatoms. The Morgan fingerprint density at radius 1 is 1.50 bits per heavy atom. The largest absolute Gasteiger partial charge is 0.619 e. The Morgan fingerprint density at radius 2 is 2.20 bits per heavy atom. The number of aromatic nitrogens is 1. The average molecular weight is 137 g/mol. The van der Waals surface area contributed by atoms with E-state index in [-0.39, 0.29) is 0 Å². The van der Waals surface area contributed by atoms with Gasteiger partial charge in [-0.05, 0) is 12.5 Å². The van der Waals surface area contributed by atoms with Crippen molar-refractivity contribution in [1.29, 1.82) is 0 Å². The highest BCUT2D eigenvalue weighted by Gasteiger charge is 1.97. The van der Waals surface area contributed by atoms with Crippen molar-refractivity contribution in [1.82, 2.24) is 0 Å². The Kier molecular flexibility index (Phi) is 1.90. The lowest BCUT2D eigenvalue weighted by atomic mass is 10.2. The van der Waals surface area contributed by atoms with Crippen LogP contribution in [0.25, 0.3) is 0 Å². The third-order valence-corrected chi connectivity index (χ3v) is 1.58. The van der Waals surface area contributed by atoms with E-state index in [9.17, 15) is 5.21 Å². The van der Waals surface area contributed by atoms with Crippen LogP contribution in [-0.4, -0.2) is 0 Å². The molecule has 1 rings (SSSR count). The van der Waals surface area contributed by atoms with Gasteiger partial charge in [0.05, 0.1) is 0 Å². The summed E-state index contributed by atoms with van der Waals surface area (Å²) in [4.78, 5) is 0. The second-order valence-corrected chi connectivity index (χ2v) is 2.36. The zero-order valence-corrected chi connectivity index (χ0v) is 6.29. The van der Waals surface area contributed by atoms with Gasteiger partial charge in [-0.2, -0.15) is 4.73 Å². The summed E-state index contributed by atoms with van der Waals surface area (Å²) in [6.07, 6.45) is 2.54. The van der Waals surface area contributed by atoms with E-state index in [2.05, 4.69) is 0 Å². The molecule has 0 amide bonds. The fourth-order valence-electron chi connectivity index (χ4n) is 0.806. The predicted molar refractivity (Wildman–Crippen MR) is 39.5 cm³/mol. The number of rotatable bonds is 1. The van der Waals surface area contributed by atoms with Crippen molar-refractivity contribution in [3.05, 3.63) is 34.8 Å². The maximum Gasteiger partial charge on any atom is 0.189 e. The van der Waals surface area contributed by atoms with E-state index in [0.717, 1.165) is 22.4 Å². The second kappa shape index (κ2) is 2.69. The molecule has 0 bridgehead atoms. The van der Waals surface area contributed by atoms with Gasteiger partial charge < -0.3 is 5.21 Å². The summed E-state index contributed by atoms with van der Waals surface area (Å²) in [6.45, 7) is 3.83. The predicted octanol–water partition coefficient (Wildman–Crippen LogP) is 1.19. The zero-order chi connectivity index (χ0) is 7.56. The minimum Gasteiger partial charge on any atom is -0.619 e. The van der Waals surface area contributed by atoms with Gasteiger partial charge in [-0.25, -0.2) is 0 Å². The first-order chi connectivity index (χ1) is 4.74. The molecule has 1 aromatic heterocycles. The molecule has 0 saturated carbocycles. The average Bonchev–Trinajstić information content (AvgIpc) is 1.95. The molecular weight excluding hydrogens is 126 g/mol. The summed E-state index contributed by atoms with van der Waals surface area (Å²) in [5, 5.41) is 10.9. The van der Waals surface area contributed by atoms with E-state index in [1.165, 1.54) is 0 Å². The van der Waals surface area contributed by atoms with Crippen LogP contribution in [0.4, 0.5) is 0 Å². The number of nitrogens with zero attached hydrogens (tertiary/aromatic N) is 1. The summed E-state index contributed by atoms with van der Waals surface area (Å²) in [5.41, 5.74) is 1.83. The van der Waals surface area contributed by atoms with Gasteiger partial charge in [0.15, 0.2) is 11.9 Å². The van der Waals surface area contributed by atoms with Crippen LogP contribution >= 0.6 is 0 Å². The van der Waals surface area contributed by atoms with Crippen LogP contribution in [-0.2, 0) is 6.42 Å². The summed E-state index contributed by atoms with van der Waals surface area (Å²) in [6, 6.07) is 3.82. The van der Waals surface area contributed by atoms with E-state index < -0.39 is 0 Å². The van der Waals surface area contributed by atoms with Gasteiger partial charge in [0.2, 0.25) is 0 Å². The Morgan fingerprint density at radius 3 is 2.70 bits per heavy atom. The highest BCUT2D eigenvalue weighted by molar-refractivity contribution is 5.08. The molecule has 0 aliphatic carbocycles. The van der Waals surface area contributed by atoms with Crippen molar-refractivity contribution in [2.75, 3.05) is 0 Å². The molecule has 1 heterocycles. The van der Waals surface area contributed by atoms with Gasteiger partial charge in [0, 0.05) is 18.6 Å². The molecule has 0 fully saturated rings. The molecule has 0 saturated heterocycles. The summed E-state index contributed by atoms with van der Waals surface area (Å²) >= 11 is 0. The molecular formula is C8H11NO. The third-order valence-electron chi connectivity index (χ3n) is 1.58. The van der Waals surface area contributed by atoms with Gasteiger partial charge in [-0.1, -0.05) is 6.92 Å². The molecule has 0 radical (unpaired) electrons. The quantitative estimate of drug-likeness (QED) is 0.422. The van der Waals surface area contributed by atoms with Gasteiger partial charge in [-0.15, -0.1) is 0 Å². The molecule has 0 aliphatic heterocycles. The highest BCUT2D eigenvalue weighted by atomic mass is 16.5. The molecule has 2 nitrogen and oxygen atoms in total. The van der Waals surface area contributed by atoms with Crippen molar-refractivity contribution >= 4 is 0 Å². The van der Waals surface area contributed by atoms with Crippen LogP contribution in [0.2, 0.25) is 0 Å². The second-order valence-electron chi connectivity index (χ2n) is 2.36. The lowest BCUT2D eigenvalue weighted by Crippen LogP contribution is -2.29. The van der Waals surface area contributed by atoms with Crippen molar-refractivity contribution in [3.8, 4) is 0 Å². The van der Waals surface area contributed by atoms with Gasteiger partial charge in [0.1, 0.15) is 0 Å². The number of pyridine rings is 1. The first-order valence-corrected chi connectivity index (χ1v) is 3.42. The minimum absolute atomic E-state index is 0.747. The van der Waals surface area contributed by atoms with Gasteiger partial charge in [0.25, 0.3) is 0 Å². The molecule has 0 N–H and O–H groups in total. The minimum atomic E-state index is 0.747. The summed E-state index contributed by atoms with van der Waals surface area (Å²) in [5.74, 6) is 0. The molecule has 0 aromatic carbocycles. The monoisotopic (exact) mass is 137 g/mol. The Hall–Kier alpha value is -1.05. The SMILES string of the molecule is CCc1ccc(C)[n+]([O-])c1.